The first-order chi connectivity index (χ1) is 12.2. The van der Waals surface area contributed by atoms with E-state index in [2.05, 4.69) is 5.32 Å². The molecule has 138 valence electrons. The Morgan fingerprint density at radius 2 is 1.69 bits per heavy atom. The van der Waals surface area contributed by atoms with Crippen LogP contribution in [0.25, 0.3) is 0 Å². The molecule has 1 amide bonds. The van der Waals surface area contributed by atoms with Crippen molar-refractivity contribution >= 4 is 27.6 Å². The normalized spacial score (nSPS) is 12.5. The van der Waals surface area contributed by atoms with Crippen LogP contribution in [-0.4, -0.2) is 44.8 Å². The number of nitrogens with zero attached hydrogens (tertiary/aromatic N) is 1. The number of hydrogen-bond donors (Lipinski definition) is 1. The minimum atomic E-state index is -3.67. The summed E-state index contributed by atoms with van der Waals surface area (Å²) in [4.78, 5) is 24.3. The molecule has 0 aliphatic carbocycles. The molecule has 1 atom stereocenters. The van der Waals surface area contributed by atoms with Gasteiger partial charge in [-0.2, -0.15) is 0 Å². The molecule has 0 spiro atoms. The summed E-state index contributed by atoms with van der Waals surface area (Å²) in [6.07, 6.45) is -1.04. The number of amides is 1. The molecule has 1 N–H and O–H groups in total. The molecule has 0 radical (unpaired) electrons. The summed E-state index contributed by atoms with van der Waals surface area (Å²) in [6.45, 7) is 1.44. The molecule has 2 rings (SSSR count). The number of para-hydroxylation sites is 1. The van der Waals surface area contributed by atoms with Crippen LogP contribution in [0.3, 0.4) is 0 Å². The highest BCUT2D eigenvalue weighted by molar-refractivity contribution is 7.89. The van der Waals surface area contributed by atoms with Crippen molar-refractivity contribution in [3.63, 3.8) is 0 Å². The second-order valence-corrected chi connectivity index (χ2v) is 7.87. The Labute approximate surface area is 152 Å². The minimum Gasteiger partial charge on any atom is -0.449 e. The maximum absolute atomic E-state index is 12.3. The summed E-state index contributed by atoms with van der Waals surface area (Å²) in [6, 6.07) is 14.3. The van der Waals surface area contributed by atoms with E-state index in [1.54, 1.807) is 24.3 Å². The van der Waals surface area contributed by atoms with E-state index in [-0.39, 0.29) is 10.5 Å². The Balaban J connectivity index is 2.09. The van der Waals surface area contributed by atoms with Crippen molar-refractivity contribution in [2.75, 3.05) is 19.4 Å². The molecule has 26 heavy (non-hydrogen) atoms. The summed E-state index contributed by atoms with van der Waals surface area (Å²) in [7, 11) is -0.874. The highest BCUT2D eigenvalue weighted by atomic mass is 32.2. The number of nitrogens with one attached hydrogen (secondary N) is 1. The quantitative estimate of drug-likeness (QED) is 0.780. The van der Waals surface area contributed by atoms with Gasteiger partial charge in [0.25, 0.3) is 5.91 Å². The molecule has 0 aromatic heterocycles. The summed E-state index contributed by atoms with van der Waals surface area (Å²) in [5, 5.41) is 2.63. The van der Waals surface area contributed by atoms with Gasteiger partial charge < -0.3 is 10.1 Å². The average Bonchev–Trinajstić information content (AvgIpc) is 2.62. The first kappa shape index (κ1) is 19.6. The van der Waals surface area contributed by atoms with E-state index in [1.165, 1.54) is 45.3 Å². The zero-order chi connectivity index (χ0) is 19.3. The third-order valence-electron chi connectivity index (χ3n) is 3.54. The highest BCUT2D eigenvalue weighted by Gasteiger charge is 2.22. The van der Waals surface area contributed by atoms with E-state index in [0.717, 1.165) is 4.31 Å². The number of benzene rings is 2. The van der Waals surface area contributed by atoms with Gasteiger partial charge in [0, 0.05) is 19.8 Å². The largest absolute Gasteiger partial charge is 0.449 e. The lowest BCUT2D eigenvalue weighted by molar-refractivity contribution is -0.123. The second kappa shape index (κ2) is 8.11. The van der Waals surface area contributed by atoms with Crippen molar-refractivity contribution in [3.8, 4) is 0 Å². The number of carbonyl (C=O) groups excluding carboxylic acids is 2. The van der Waals surface area contributed by atoms with Gasteiger partial charge in [-0.25, -0.2) is 17.5 Å². The van der Waals surface area contributed by atoms with Crippen molar-refractivity contribution in [1.29, 1.82) is 0 Å². The molecule has 2 aromatic rings. The third-order valence-corrected chi connectivity index (χ3v) is 5.35. The number of rotatable bonds is 6. The fourth-order valence-corrected chi connectivity index (χ4v) is 2.99. The standard InChI is InChI=1S/C18H20N2O5S/c1-13(17(21)19-15-9-5-4-6-10-15)25-18(22)14-8-7-11-16(12-14)26(23,24)20(2)3/h4-13H,1-3H3,(H,19,21)/t13-/m1/s1. The highest BCUT2D eigenvalue weighted by Crippen LogP contribution is 2.16. The predicted molar refractivity (Wildman–Crippen MR) is 97.3 cm³/mol. The van der Waals surface area contributed by atoms with Gasteiger partial charge in [0.05, 0.1) is 10.5 Å². The minimum absolute atomic E-state index is 0.0293. The molecular weight excluding hydrogens is 356 g/mol. The SMILES string of the molecule is C[C@@H](OC(=O)c1cccc(S(=O)(=O)N(C)C)c1)C(=O)Nc1ccccc1. The first-order valence-corrected chi connectivity index (χ1v) is 9.25. The van der Waals surface area contributed by atoms with Gasteiger partial charge in [-0.15, -0.1) is 0 Å². The molecule has 0 bridgehead atoms. The molecule has 0 unspecified atom stereocenters. The van der Waals surface area contributed by atoms with Crippen molar-refractivity contribution in [1.82, 2.24) is 4.31 Å². The molecule has 8 heteroatoms. The fraction of sp³-hybridized carbons (Fsp3) is 0.222. The average molecular weight is 376 g/mol. The lowest BCUT2D eigenvalue weighted by atomic mass is 10.2. The van der Waals surface area contributed by atoms with E-state index in [0.29, 0.717) is 5.69 Å². The van der Waals surface area contributed by atoms with E-state index in [4.69, 9.17) is 4.74 Å². The molecule has 0 aliphatic rings. The van der Waals surface area contributed by atoms with Crippen LogP contribution in [0.2, 0.25) is 0 Å². The van der Waals surface area contributed by atoms with Crippen molar-refractivity contribution in [2.24, 2.45) is 0 Å². The maximum Gasteiger partial charge on any atom is 0.338 e. The van der Waals surface area contributed by atoms with E-state index < -0.39 is 28.0 Å². The number of hydrogen-bond acceptors (Lipinski definition) is 5. The van der Waals surface area contributed by atoms with Crippen LogP contribution in [0.5, 0.6) is 0 Å². The van der Waals surface area contributed by atoms with Crippen LogP contribution in [0.1, 0.15) is 17.3 Å². The summed E-state index contributed by atoms with van der Waals surface area (Å²) in [5.41, 5.74) is 0.631. The lowest BCUT2D eigenvalue weighted by Crippen LogP contribution is -2.30. The summed E-state index contributed by atoms with van der Waals surface area (Å²) < 4.78 is 30.5. The molecule has 0 aliphatic heterocycles. The predicted octanol–water partition coefficient (Wildman–Crippen LogP) is 2.12. The van der Waals surface area contributed by atoms with Crippen LogP contribution in [0, 0.1) is 0 Å². The van der Waals surface area contributed by atoms with Crippen molar-refractivity contribution in [2.45, 2.75) is 17.9 Å². The molecular formula is C18H20N2O5S. The Hall–Kier alpha value is -2.71. The van der Waals surface area contributed by atoms with Crippen LogP contribution in [0.15, 0.2) is 59.5 Å². The van der Waals surface area contributed by atoms with Crippen LogP contribution in [-0.2, 0) is 19.6 Å². The topological polar surface area (TPSA) is 92.8 Å². The number of carbonyl (C=O) groups is 2. The number of esters is 1. The van der Waals surface area contributed by atoms with Crippen LogP contribution >= 0.6 is 0 Å². The maximum atomic E-state index is 12.3. The van der Waals surface area contributed by atoms with Gasteiger partial charge >= 0.3 is 5.97 Å². The number of anilines is 1. The Kier molecular flexibility index (Phi) is 6.12. The Morgan fingerprint density at radius 3 is 2.31 bits per heavy atom. The Morgan fingerprint density at radius 1 is 1.04 bits per heavy atom. The molecule has 0 heterocycles. The van der Waals surface area contributed by atoms with Gasteiger partial charge in [0.1, 0.15) is 0 Å². The van der Waals surface area contributed by atoms with Crippen LogP contribution in [0.4, 0.5) is 5.69 Å². The zero-order valence-electron chi connectivity index (χ0n) is 14.7. The smallest absolute Gasteiger partial charge is 0.338 e. The molecule has 0 saturated carbocycles. The van der Waals surface area contributed by atoms with Gasteiger partial charge in [0.15, 0.2) is 6.10 Å². The zero-order valence-corrected chi connectivity index (χ0v) is 15.5. The summed E-state index contributed by atoms with van der Waals surface area (Å²) >= 11 is 0. The van der Waals surface area contributed by atoms with E-state index in [9.17, 15) is 18.0 Å². The molecule has 0 saturated heterocycles. The van der Waals surface area contributed by atoms with Gasteiger partial charge in [0.2, 0.25) is 10.0 Å². The van der Waals surface area contributed by atoms with Gasteiger partial charge in [-0.1, -0.05) is 24.3 Å². The van der Waals surface area contributed by atoms with Crippen molar-refractivity contribution in [3.05, 3.63) is 60.2 Å². The van der Waals surface area contributed by atoms with Gasteiger partial charge in [-0.05, 0) is 37.3 Å². The molecule has 0 fully saturated rings. The summed E-state index contributed by atoms with van der Waals surface area (Å²) in [5.74, 6) is -1.27. The fourth-order valence-electron chi connectivity index (χ4n) is 2.04. The monoisotopic (exact) mass is 376 g/mol. The number of ether oxygens (including phenoxy) is 1. The third kappa shape index (κ3) is 4.68. The van der Waals surface area contributed by atoms with E-state index in [1.807, 2.05) is 6.07 Å². The molecule has 7 nitrogen and oxygen atoms in total. The Bertz CT molecular complexity index is 895. The van der Waals surface area contributed by atoms with Gasteiger partial charge in [-0.3, -0.25) is 4.79 Å². The van der Waals surface area contributed by atoms with E-state index >= 15 is 0 Å². The second-order valence-electron chi connectivity index (χ2n) is 5.72. The van der Waals surface area contributed by atoms with Crippen molar-refractivity contribution < 1.29 is 22.7 Å². The first-order valence-electron chi connectivity index (χ1n) is 7.81. The number of sulfonamides is 1. The lowest BCUT2D eigenvalue weighted by Gasteiger charge is -2.15. The molecule has 2 aromatic carbocycles. The van der Waals surface area contributed by atoms with Crippen LogP contribution < -0.4 is 5.32 Å².